The maximum atomic E-state index is 5.24. The van der Waals surface area contributed by atoms with Crippen LogP contribution in [0.25, 0.3) is 65.8 Å². The maximum absolute atomic E-state index is 5.24. The molecule has 0 unspecified atom stereocenters. The van der Waals surface area contributed by atoms with Gasteiger partial charge in [-0.15, -0.1) is 0 Å². The lowest BCUT2D eigenvalue weighted by Crippen LogP contribution is -2.15. The molecule has 0 amide bonds. The molecule has 0 bridgehead atoms. The first-order valence-electron chi connectivity index (χ1n) is 15.0. The molecule has 5 heteroatoms. The molecule has 45 heavy (non-hydrogen) atoms. The standard InChI is InChI=1S/C40H23N3S2/c1-2-14-26-24(10-1)11-7-21-32(26)43-33-20-3-4-23-35(33)44-38-31(19-9-22-34(38)43)40-41-39(42-45-40)30-18-8-16-28-27-15-5-12-25-13-6-17-29(36(25)27)37(28)30/h1-23H. The molecule has 0 N–H and O–H groups in total. The van der Waals surface area contributed by atoms with Crippen molar-refractivity contribution in [3.05, 3.63) is 140 Å². The van der Waals surface area contributed by atoms with E-state index in [0.717, 1.165) is 27.6 Å². The van der Waals surface area contributed by atoms with Crippen molar-refractivity contribution >= 4 is 61.9 Å². The van der Waals surface area contributed by atoms with Gasteiger partial charge in [-0.1, -0.05) is 127 Å². The summed E-state index contributed by atoms with van der Waals surface area (Å²) in [5, 5.41) is 5.97. The van der Waals surface area contributed by atoms with Crippen LogP contribution in [0.2, 0.25) is 0 Å². The van der Waals surface area contributed by atoms with Crippen molar-refractivity contribution in [2.24, 2.45) is 0 Å². The number of para-hydroxylation sites is 1. The number of rotatable bonds is 3. The lowest BCUT2D eigenvalue weighted by molar-refractivity contribution is 1.17. The molecule has 1 aliphatic carbocycles. The molecule has 8 aromatic rings. The highest BCUT2D eigenvalue weighted by Gasteiger charge is 2.30. The Kier molecular flexibility index (Phi) is 5.38. The van der Waals surface area contributed by atoms with Gasteiger partial charge in [0, 0.05) is 31.9 Å². The molecule has 2 heterocycles. The van der Waals surface area contributed by atoms with Crippen molar-refractivity contribution in [3.63, 3.8) is 0 Å². The summed E-state index contributed by atoms with van der Waals surface area (Å²) in [5.41, 5.74) is 10.8. The van der Waals surface area contributed by atoms with Crippen molar-refractivity contribution in [2.45, 2.75) is 9.79 Å². The predicted octanol–water partition coefficient (Wildman–Crippen LogP) is 11.8. The molecule has 10 rings (SSSR count). The second kappa shape index (κ2) is 9.63. The zero-order valence-corrected chi connectivity index (χ0v) is 25.6. The molecule has 1 aromatic heterocycles. The Labute approximate surface area is 268 Å². The molecular formula is C40H23N3S2. The van der Waals surface area contributed by atoms with Crippen molar-refractivity contribution in [2.75, 3.05) is 4.90 Å². The van der Waals surface area contributed by atoms with Crippen molar-refractivity contribution < 1.29 is 0 Å². The van der Waals surface area contributed by atoms with Crippen LogP contribution in [0.3, 0.4) is 0 Å². The summed E-state index contributed by atoms with van der Waals surface area (Å²) in [6.45, 7) is 0. The normalized spacial score (nSPS) is 12.8. The van der Waals surface area contributed by atoms with Gasteiger partial charge in [-0.3, -0.25) is 0 Å². The van der Waals surface area contributed by atoms with Gasteiger partial charge >= 0.3 is 0 Å². The number of nitrogens with zero attached hydrogens (tertiary/aromatic N) is 3. The number of hydrogen-bond donors (Lipinski definition) is 0. The third-order valence-electron chi connectivity index (χ3n) is 8.99. The van der Waals surface area contributed by atoms with Gasteiger partial charge in [0.25, 0.3) is 0 Å². The van der Waals surface area contributed by atoms with E-state index in [4.69, 9.17) is 9.36 Å². The van der Waals surface area contributed by atoms with E-state index < -0.39 is 0 Å². The number of hydrogen-bond acceptors (Lipinski definition) is 5. The molecule has 2 aliphatic rings. The molecular weight excluding hydrogens is 587 g/mol. The molecule has 0 saturated carbocycles. The predicted molar refractivity (Wildman–Crippen MR) is 189 cm³/mol. The number of anilines is 3. The fourth-order valence-electron chi connectivity index (χ4n) is 7.08. The molecule has 0 spiro atoms. The summed E-state index contributed by atoms with van der Waals surface area (Å²) >= 11 is 3.30. The smallest absolute Gasteiger partial charge is 0.174 e. The fraction of sp³-hybridized carbons (Fsp3) is 0. The van der Waals surface area contributed by atoms with E-state index in [2.05, 4.69) is 144 Å². The summed E-state index contributed by atoms with van der Waals surface area (Å²) in [5.74, 6) is 0.779. The molecule has 0 fully saturated rings. The van der Waals surface area contributed by atoms with Crippen LogP contribution >= 0.6 is 23.3 Å². The highest BCUT2D eigenvalue weighted by atomic mass is 32.2. The van der Waals surface area contributed by atoms with Crippen LogP contribution in [0.4, 0.5) is 17.1 Å². The van der Waals surface area contributed by atoms with Crippen LogP contribution in [0, 0.1) is 0 Å². The molecule has 7 aromatic carbocycles. The van der Waals surface area contributed by atoms with E-state index in [-0.39, 0.29) is 0 Å². The van der Waals surface area contributed by atoms with Crippen LogP contribution in [-0.2, 0) is 0 Å². The van der Waals surface area contributed by atoms with Crippen LogP contribution < -0.4 is 4.90 Å². The molecule has 3 nitrogen and oxygen atoms in total. The SMILES string of the molecule is c1ccc2c(c1)Sc1c(-c3nc(-c4cccc5c4-c4cccc6cccc-5c46)ns3)cccc1N2c1cccc2ccccc12. The van der Waals surface area contributed by atoms with Crippen LogP contribution in [0.1, 0.15) is 0 Å². The third kappa shape index (κ3) is 3.65. The Bertz CT molecular complexity index is 2490. The molecule has 0 saturated heterocycles. The number of fused-ring (bicyclic) bond motifs is 6. The molecule has 210 valence electrons. The van der Waals surface area contributed by atoms with Gasteiger partial charge in [0.15, 0.2) is 5.82 Å². The van der Waals surface area contributed by atoms with Crippen molar-refractivity contribution in [1.82, 2.24) is 9.36 Å². The van der Waals surface area contributed by atoms with Gasteiger partial charge in [-0.2, -0.15) is 4.37 Å². The Morgan fingerprint density at radius 1 is 0.489 bits per heavy atom. The fourth-order valence-corrected chi connectivity index (χ4v) is 9.02. The Morgan fingerprint density at radius 2 is 1.13 bits per heavy atom. The largest absolute Gasteiger partial charge is 0.308 e. The average Bonchev–Trinajstić information content (AvgIpc) is 3.72. The average molecular weight is 610 g/mol. The summed E-state index contributed by atoms with van der Waals surface area (Å²) < 4.78 is 4.99. The van der Waals surface area contributed by atoms with Crippen LogP contribution in [0.15, 0.2) is 149 Å². The van der Waals surface area contributed by atoms with Crippen LogP contribution in [-0.4, -0.2) is 9.36 Å². The van der Waals surface area contributed by atoms with E-state index >= 15 is 0 Å². The minimum Gasteiger partial charge on any atom is -0.308 e. The summed E-state index contributed by atoms with van der Waals surface area (Å²) in [6.07, 6.45) is 0. The monoisotopic (exact) mass is 609 g/mol. The first-order valence-corrected chi connectivity index (χ1v) is 16.6. The van der Waals surface area contributed by atoms with E-state index in [1.165, 1.54) is 76.5 Å². The second-order valence-corrected chi connectivity index (χ2v) is 13.2. The first-order chi connectivity index (χ1) is 22.3. The summed E-state index contributed by atoms with van der Waals surface area (Å²) in [4.78, 5) is 10.1. The van der Waals surface area contributed by atoms with E-state index in [0.29, 0.717) is 0 Å². The van der Waals surface area contributed by atoms with Gasteiger partial charge in [0.05, 0.1) is 17.1 Å². The summed E-state index contributed by atoms with van der Waals surface area (Å²) in [6, 6.07) is 50.1. The lowest BCUT2D eigenvalue weighted by Gasteiger charge is -2.34. The van der Waals surface area contributed by atoms with Crippen molar-refractivity contribution in [3.8, 4) is 44.2 Å². The quantitative estimate of drug-likeness (QED) is 0.199. The first kappa shape index (κ1) is 25.1. The minimum atomic E-state index is 0.779. The number of aromatic nitrogens is 2. The highest BCUT2D eigenvalue weighted by Crippen LogP contribution is 2.56. The summed E-state index contributed by atoms with van der Waals surface area (Å²) in [7, 11) is 0. The van der Waals surface area contributed by atoms with Gasteiger partial charge < -0.3 is 4.90 Å². The zero-order valence-electron chi connectivity index (χ0n) is 23.9. The maximum Gasteiger partial charge on any atom is 0.174 e. The molecule has 1 aliphatic heterocycles. The van der Waals surface area contributed by atoms with E-state index in [1.807, 2.05) is 11.8 Å². The Hall–Kier alpha value is -5.23. The minimum absolute atomic E-state index is 0.779. The second-order valence-electron chi connectivity index (χ2n) is 11.4. The molecule has 0 atom stereocenters. The lowest BCUT2D eigenvalue weighted by atomic mass is 9.98. The zero-order chi connectivity index (χ0) is 29.5. The molecule has 0 radical (unpaired) electrons. The Morgan fingerprint density at radius 3 is 2.09 bits per heavy atom. The van der Waals surface area contributed by atoms with Crippen molar-refractivity contribution in [1.29, 1.82) is 0 Å². The van der Waals surface area contributed by atoms with E-state index in [1.54, 1.807) is 0 Å². The topological polar surface area (TPSA) is 29.0 Å². The Balaban J connectivity index is 1.14. The van der Waals surface area contributed by atoms with Gasteiger partial charge in [0.1, 0.15) is 5.01 Å². The highest BCUT2D eigenvalue weighted by molar-refractivity contribution is 8.00. The van der Waals surface area contributed by atoms with Gasteiger partial charge in [0.2, 0.25) is 0 Å². The van der Waals surface area contributed by atoms with Gasteiger partial charge in [-0.05, 0) is 68.6 Å². The third-order valence-corrected chi connectivity index (χ3v) is 10.9. The van der Waals surface area contributed by atoms with E-state index in [9.17, 15) is 0 Å². The van der Waals surface area contributed by atoms with Crippen LogP contribution in [0.5, 0.6) is 0 Å². The number of benzene rings is 7. The van der Waals surface area contributed by atoms with Gasteiger partial charge in [-0.25, -0.2) is 4.98 Å².